The molecule has 2 aromatic rings. The highest BCUT2D eigenvalue weighted by Gasteiger charge is 2.30. The van der Waals surface area contributed by atoms with Gasteiger partial charge in [0.05, 0.1) is 7.11 Å². The van der Waals surface area contributed by atoms with Crippen LogP contribution in [0.3, 0.4) is 0 Å². The van der Waals surface area contributed by atoms with E-state index in [0.717, 1.165) is 0 Å². The molecule has 0 radical (unpaired) electrons. The number of methoxy groups -OCH3 is 1. The summed E-state index contributed by atoms with van der Waals surface area (Å²) in [6.07, 6.45) is 0.241. The summed E-state index contributed by atoms with van der Waals surface area (Å²) < 4.78 is 21.8. The SMILES string of the molecule is COc1ccnc(C(=O)N[C@@H](C)C(=O)O[C@@H](C)[C@H](Oc2cccc(Cl)c2)C(C)C)c1OC(C)=O. The lowest BCUT2D eigenvalue weighted by Crippen LogP contribution is -2.44. The molecule has 34 heavy (non-hydrogen) atoms. The molecule has 9 nitrogen and oxygen atoms in total. The van der Waals surface area contributed by atoms with E-state index < -0.39 is 36.1 Å². The van der Waals surface area contributed by atoms with Crippen LogP contribution in [0.2, 0.25) is 5.02 Å². The van der Waals surface area contributed by atoms with Gasteiger partial charge in [0.25, 0.3) is 5.91 Å². The molecule has 0 aliphatic heterocycles. The first-order valence-corrected chi connectivity index (χ1v) is 11.1. The Morgan fingerprint density at radius 1 is 1.09 bits per heavy atom. The number of carbonyl (C=O) groups is 3. The van der Waals surface area contributed by atoms with Crippen molar-refractivity contribution >= 4 is 29.4 Å². The van der Waals surface area contributed by atoms with E-state index in [9.17, 15) is 14.4 Å². The zero-order chi connectivity index (χ0) is 25.4. The van der Waals surface area contributed by atoms with Gasteiger partial charge in [-0.25, -0.2) is 9.78 Å². The summed E-state index contributed by atoms with van der Waals surface area (Å²) in [5.74, 6) is -1.48. The molecule has 0 bridgehead atoms. The lowest BCUT2D eigenvalue weighted by molar-refractivity contribution is -0.155. The topological polar surface area (TPSA) is 113 Å². The summed E-state index contributed by atoms with van der Waals surface area (Å²) in [6.45, 7) is 8.25. The number of aromatic nitrogens is 1. The maximum atomic E-state index is 12.8. The van der Waals surface area contributed by atoms with Crippen molar-refractivity contribution in [3.63, 3.8) is 0 Å². The minimum Gasteiger partial charge on any atom is -0.493 e. The van der Waals surface area contributed by atoms with Crippen molar-refractivity contribution in [3.05, 3.63) is 47.2 Å². The van der Waals surface area contributed by atoms with Crippen molar-refractivity contribution in [3.8, 4) is 17.2 Å². The van der Waals surface area contributed by atoms with Crippen molar-refractivity contribution in [2.24, 2.45) is 5.92 Å². The Hall–Kier alpha value is -3.33. The molecule has 184 valence electrons. The number of hydrogen-bond acceptors (Lipinski definition) is 8. The van der Waals surface area contributed by atoms with Crippen molar-refractivity contribution < 1.29 is 33.3 Å². The molecule has 0 aliphatic rings. The summed E-state index contributed by atoms with van der Waals surface area (Å²) >= 11 is 6.02. The van der Waals surface area contributed by atoms with Crippen LogP contribution >= 0.6 is 11.6 Å². The summed E-state index contributed by atoms with van der Waals surface area (Å²) in [5, 5.41) is 3.04. The van der Waals surface area contributed by atoms with Crippen LogP contribution in [0.5, 0.6) is 17.2 Å². The van der Waals surface area contributed by atoms with Crippen LogP contribution in [0.1, 0.15) is 45.1 Å². The standard InChI is InChI=1S/C24H29ClN2O7/c1-13(2)21(34-18-9-7-8-17(25)12-18)15(4)32-24(30)14(3)27-23(29)20-22(33-16(5)28)19(31-6)10-11-26-20/h7-15,21H,1-6H3,(H,27,29)/t14-,15-,21+/m0/s1. The van der Waals surface area contributed by atoms with Crippen LogP contribution in [-0.2, 0) is 14.3 Å². The molecule has 1 N–H and O–H groups in total. The maximum Gasteiger partial charge on any atom is 0.328 e. The molecule has 1 aromatic carbocycles. The Balaban J connectivity index is 2.09. The Bertz CT molecular complexity index is 1030. The van der Waals surface area contributed by atoms with Gasteiger partial charge in [-0.1, -0.05) is 31.5 Å². The lowest BCUT2D eigenvalue weighted by Gasteiger charge is -2.29. The van der Waals surface area contributed by atoms with Gasteiger partial charge in [0, 0.05) is 24.2 Å². The molecule has 0 fully saturated rings. The molecular weight excluding hydrogens is 464 g/mol. The number of nitrogens with zero attached hydrogens (tertiary/aromatic N) is 1. The van der Waals surface area contributed by atoms with Gasteiger partial charge in [-0.15, -0.1) is 0 Å². The fraction of sp³-hybridized carbons (Fsp3) is 0.417. The predicted octanol–water partition coefficient (Wildman–Crippen LogP) is 3.82. The van der Waals surface area contributed by atoms with E-state index in [2.05, 4.69) is 10.3 Å². The number of halogens is 1. The first-order valence-electron chi connectivity index (χ1n) is 10.7. The van der Waals surface area contributed by atoms with Crippen molar-refractivity contribution in [2.75, 3.05) is 7.11 Å². The Kier molecular flexibility index (Phi) is 9.68. The van der Waals surface area contributed by atoms with E-state index in [-0.39, 0.29) is 23.1 Å². The van der Waals surface area contributed by atoms with Crippen LogP contribution in [0.25, 0.3) is 0 Å². The molecular formula is C24H29ClN2O7. The predicted molar refractivity (Wildman–Crippen MR) is 125 cm³/mol. The molecule has 2 rings (SSSR count). The van der Waals surface area contributed by atoms with Gasteiger partial charge >= 0.3 is 11.9 Å². The smallest absolute Gasteiger partial charge is 0.328 e. The summed E-state index contributed by atoms with van der Waals surface area (Å²) in [5.41, 5.74) is -0.202. The zero-order valence-electron chi connectivity index (χ0n) is 20.0. The molecule has 0 aliphatic carbocycles. The highest BCUT2D eigenvalue weighted by molar-refractivity contribution is 6.30. The summed E-state index contributed by atoms with van der Waals surface area (Å²) in [4.78, 5) is 40.9. The van der Waals surface area contributed by atoms with Crippen molar-refractivity contribution in [1.29, 1.82) is 0 Å². The van der Waals surface area contributed by atoms with E-state index in [4.69, 9.17) is 30.5 Å². The Morgan fingerprint density at radius 2 is 1.79 bits per heavy atom. The van der Waals surface area contributed by atoms with E-state index >= 15 is 0 Å². The quantitative estimate of drug-likeness (QED) is 0.498. The van der Waals surface area contributed by atoms with E-state index in [0.29, 0.717) is 10.8 Å². The first kappa shape index (κ1) is 26.9. The second-order valence-electron chi connectivity index (χ2n) is 7.91. The number of rotatable bonds is 10. The molecule has 10 heteroatoms. The summed E-state index contributed by atoms with van der Waals surface area (Å²) in [7, 11) is 1.36. The molecule has 0 saturated heterocycles. The third-order valence-electron chi connectivity index (χ3n) is 4.74. The number of amides is 1. The second kappa shape index (κ2) is 12.2. The first-order chi connectivity index (χ1) is 16.0. The van der Waals surface area contributed by atoms with Crippen LogP contribution in [0.15, 0.2) is 36.5 Å². The van der Waals surface area contributed by atoms with Gasteiger partial charge in [-0.3, -0.25) is 9.59 Å². The van der Waals surface area contributed by atoms with Gasteiger partial charge in [0.1, 0.15) is 24.0 Å². The lowest BCUT2D eigenvalue weighted by atomic mass is 10.0. The molecule has 1 heterocycles. The molecule has 1 amide bonds. The number of hydrogen-bond donors (Lipinski definition) is 1. The van der Waals surface area contributed by atoms with Gasteiger partial charge < -0.3 is 24.3 Å². The average molecular weight is 493 g/mol. The molecule has 0 saturated carbocycles. The normalized spacial score (nSPS) is 13.4. The van der Waals surface area contributed by atoms with Crippen LogP contribution in [-0.4, -0.2) is 48.2 Å². The molecule has 0 spiro atoms. The van der Waals surface area contributed by atoms with Gasteiger partial charge in [0.2, 0.25) is 5.75 Å². The van der Waals surface area contributed by atoms with Crippen molar-refractivity contribution in [1.82, 2.24) is 10.3 Å². The third-order valence-corrected chi connectivity index (χ3v) is 4.98. The second-order valence-corrected chi connectivity index (χ2v) is 8.34. The number of esters is 2. The van der Waals surface area contributed by atoms with Crippen LogP contribution < -0.4 is 19.5 Å². The average Bonchev–Trinajstić information content (AvgIpc) is 2.76. The minimum atomic E-state index is -1.02. The molecule has 3 atom stereocenters. The van der Waals surface area contributed by atoms with Gasteiger partial charge in [-0.05, 0) is 38.0 Å². The zero-order valence-corrected chi connectivity index (χ0v) is 20.7. The molecule has 0 unspecified atom stereocenters. The van der Waals surface area contributed by atoms with E-state index in [1.807, 2.05) is 13.8 Å². The number of benzene rings is 1. The largest absolute Gasteiger partial charge is 0.493 e. The fourth-order valence-electron chi connectivity index (χ4n) is 3.14. The highest BCUT2D eigenvalue weighted by Crippen LogP contribution is 2.29. The Morgan fingerprint density at radius 3 is 2.38 bits per heavy atom. The van der Waals surface area contributed by atoms with Crippen LogP contribution in [0.4, 0.5) is 0 Å². The van der Waals surface area contributed by atoms with E-state index in [1.54, 1.807) is 31.2 Å². The minimum absolute atomic E-state index is 0.0129. The number of ether oxygens (including phenoxy) is 4. The van der Waals surface area contributed by atoms with Crippen LogP contribution in [0, 0.1) is 5.92 Å². The fourth-order valence-corrected chi connectivity index (χ4v) is 3.32. The monoisotopic (exact) mass is 492 g/mol. The number of carbonyl (C=O) groups excluding carboxylic acids is 3. The van der Waals surface area contributed by atoms with E-state index in [1.165, 1.54) is 33.2 Å². The van der Waals surface area contributed by atoms with Crippen molar-refractivity contribution in [2.45, 2.75) is 52.9 Å². The van der Waals surface area contributed by atoms with Gasteiger partial charge in [-0.2, -0.15) is 0 Å². The van der Waals surface area contributed by atoms with Gasteiger partial charge in [0.15, 0.2) is 11.4 Å². The number of pyridine rings is 1. The number of nitrogens with one attached hydrogen (secondary N) is 1. The Labute approximate surface area is 203 Å². The summed E-state index contributed by atoms with van der Waals surface area (Å²) in [6, 6.07) is 7.36. The molecule has 1 aromatic heterocycles. The highest BCUT2D eigenvalue weighted by atomic mass is 35.5. The third kappa shape index (κ3) is 7.34. The maximum absolute atomic E-state index is 12.8.